The molecule has 2 aromatic rings. The second-order valence-corrected chi connectivity index (χ2v) is 6.31. The van der Waals surface area contributed by atoms with Gasteiger partial charge in [-0.1, -0.05) is 0 Å². The maximum Gasteiger partial charge on any atom is 0.197 e. The predicted octanol–water partition coefficient (Wildman–Crippen LogP) is 2.68. The average Bonchev–Trinajstić information content (AvgIpc) is 3.26. The van der Waals surface area contributed by atoms with Crippen molar-refractivity contribution < 1.29 is 0 Å². The van der Waals surface area contributed by atoms with E-state index in [9.17, 15) is 0 Å². The Labute approximate surface area is 128 Å². The summed E-state index contributed by atoms with van der Waals surface area (Å²) in [6.45, 7) is 6.94. The van der Waals surface area contributed by atoms with Crippen molar-refractivity contribution in [2.24, 2.45) is 7.05 Å². The van der Waals surface area contributed by atoms with Crippen molar-refractivity contribution in [1.29, 1.82) is 0 Å². The lowest BCUT2D eigenvalue weighted by Crippen LogP contribution is -2.07. The van der Waals surface area contributed by atoms with Crippen molar-refractivity contribution in [3.63, 3.8) is 0 Å². The third-order valence-electron chi connectivity index (χ3n) is 3.65. The Morgan fingerprint density at radius 3 is 2.57 bits per heavy atom. The Morgan fingerprint density at radius 2 is 2.00 bits per heavy atom. The lowest BCUT2D eigenvalue weighted by molar-refractivity contribution is 0.762. The zero-order valence-electron chi connectivity index (χ0n) is 12.8. The Hall–Kier alpha value is -1.63. The third-order valence-corrected chi connectivity index (χ3v) is 4.77. The lowest BCUT2D eigenvalue weighted by Gasteiger charge is -2.12. The molecule has 0 atom stereocenters. The van der Waals surface area contributed by atoms with Gasteiger partial charge in [0.25, 0.3) is 0 Å². The van der Waals surface area contributed by atoms with Crippen LogP contribution < -0.4 is 5.32 Å². The molecule has 6 nitrogen and oxygen atoms in total. The summed E-state index contributed by atoms with van der Waals surface area (Å²) in [5.74, 6) is 3.33. The summed E-state index contributed by atoms with van der Waals surface area (Å²) in [4.78, 5) is 9.43. The van der Waals surface area contributed by atoms with Crippen LogP contribution in [0.2, 0.25) is 0 Å². The highest BCUT2D eigenvalue weighted by Crippen LogP contribution is 2.40. The highest BCUT2D eigenvalue weighted by molar-refractivity contribution is 7.99. The summed E-state index contributed by atoms with van der Waals surface area (Å²) in [6.07, 6.45) is 2.39. The number of aryl methyl sites for hydroxylation is 1. The van der Waals surface area contributed by atoms with Crippen LogP contribution in [-0.2, 0) is 7.05 Å². The number of aromatic nitrogens is 5. The van der Waals surface area contributed by atoms with Gasteiger partial charge in [0.1, 0.15) is 22.5 Å². The first kappa shape index (κ1) is 14.3. The van der Waals surface area contributed by atoms with Crippen molar-refractivity contribution in [2.75, 3.05) is 11.9 Å². The van der Waals surface area contributed by atoms with E-state index in [1.807, 2.05) is 18.5 Å². The lowest BCUT2D eigenvalue weighted by atomic mass is 10.3. The first-order valence-electron chi connectivity index (χ1n) is 7.26. The van der Waals surface area contributed by atoms with Gasteiger partial charge in [-0.05, 0) is 45.4 Å². The van der Waals surface area contributed by atoms with Crippen molar-refractivity contribution in [3.05, 3.63) is 17.2 Å². The molecule has 0 saturated heterocycles. The summed E-state index contributed by atoms with van der Waals surface area (Å²) in [5.41, 5.74) is 1.08. The van der Waals surface area contributed by atoms with Gasteiger partial charge in [0.05, 0.1) is 0 Å². The average molecular weight is 304 g/mol. The van der Waals surface area contributed by atoms with E-state index in [0.29, 0.717) is 5.92 Å². The maximum absolute atomic E-state index is 4.75. The number of anilines is 1. The fraction of sp³-hybridized carbons (Fsp3) is 0.571. The van der Waals surface area contributed by atoms with Crippen molar-refractivity contribution >= 4 is 17.6 Å². The predicted molar refractivity (Wildman–Crippen MR) is 82.8 cm³/mol. The van der Waals surface area contributed by atoms with E-state index < -0.39 is 0 Å². The van der Waals surface area contributed by atoms with Crippen molar-refractivity contribution in [1.82, 2.24) is 24.7 Å². The highest BCUT2D eigenvalue weighted by Gasteiger charge is 2.28. The van der Waals surface area contributed by atoms with Crippen LogP contribution in [0.5, 0.6) is 0 Å². The molecule has 0 unspecified atom stereocenters. The third kappa shape index (κ3) is 2.88. The molecule has 0 aromatic carbocycles. The molecule has 1 aliphatic rings. The minimum atomic E-state index is 0.531. The van der Waals surface area contributed by atoms with Crippen LogP contribution in [0.4, 0.5) is 5.82 Å². The van der Waals surface area contributed by atoms with Gasteiger partial charge in [-0.15, -0.1) is 10.2 Å². The standard InChI is InChI=1S/C14H20N6S/c1-5-15-11-8(2)13(17-12(16-11)10-6-7-10)21-14-19-18-9(3)20(14)4/h10H,5-7H2,1-4H3,(H,15,16,17). The van der Waals surface area contributed by atoms with E-state index in [0.717, 1.165) is 39.8 Å². The highest BCUT2D eigenvalue weighted by atomic mass is 32.2. The minimum Gasteiger partial charge on any atom is -0.370 e. The normalized spacial score (nSPS) is 14.5. The smallest absolute Gasteiger partial charge is 0.197 e. The SMILES string of the molecule is CCNc1nc(C2CC2)nc(Sc2nnc(C)n2C)c1C. The first-order chi connectivity index (χ1) is 10.1. The zero-order chi connectivity index (χ0) is 15.0. The molecule has 1 N–H and O–H groups in total. The second-order valence-electron chi connectivity index (χ2n) is 5.36. The summed E-state index contributed by atoms with van der Waals surface area (Å²) >= 11 is 1.56. The van der Waals surface area contributed by atoms with Crippen molar-refractivity contribution in [2.45, 2.75) is 49.7 Å². The fourth-order valence-electron chi connectivity index (χ4n) is 2.04. The molecule has 1 fully saturated rings. The summed E-state index contributed by atoms with van der Waals surface area (Å²) < 4.78 is 1.98. The molecule has 0 radical (unpaired) electrons. The van der Waals surface area contributed by atoms with Crippen LogP contribution in [-0.4, -0.2) is 31.3 Å². The molecule has 112 valence electrons. The number of nitrogens with one attached hydrogen (secondary N) is 1. The molecule has 0 aliphatic heterocycles. The van der Waals surface area contributed by atoms with Crippen LogP contribution in [0.3, 0.4) is 0 Å². The molecule has 2 heterocycles. The second kappa shape index (κ2) is 5.63. The van der Waals surface area contributed by atoms with Crippen LogP contribution in [0.1, 0.15) is 42.9 Å². The first-order valence-corrected chi connectivity index (χ1v) is 8.08. The molecule has 21 heavy (non-hydrogen) atoms. The number of hydrogen-bond donors (Lipinski definition) is 1. The fourth-order valence-corrected chi connectivity index (χ4v) is 2.95. The molecule has 7 heteroatoms. The molecule has 3 rings (SSSR count). The van der Waals surface area contributed by atoms with Crippen LogP contribution in [0, 0.1) is 13.8 Å². The Balaban J connectivity index is 1.97. The van der Waals surface area contributed by atoms with Gasteiger partial charge < -0.3 is 9.88 Å². The van der Waals surface area contributed by atoms with E-state index >= 15 is 0 Å². The van der Waals surface area contributed by atoms with Crippen LogP contribution >= 0.6 is 11.8 Å². The maximum atomic E-state index is 4.75. The van der Waals surface area contributed by atoms with E-state index in [4.69, 9.17) is 4.98 Å². The topological polar surface area (TPSA) is 68.5 Å². The molecular formula is C14H20N6S. The Morgan fingerprint density at radius 1 is 1.24 bits per heavy atom. The summed E-state index contributed by atoms with van der Waals surface area (Å²) in [6, 6.07) is 0. The largest absolute Gasteiger partial charge is 0.370 e. The van der Waals surface area contributed by atoms with Gasteiger partial charge in [0, 0.05) is 25.1 Å². The monoisotopic (exact) mass is 304 g/mol. The van der Waals surface area contributed by atoms with Gasteiger partial charge in [-0.2, -0.15) is 0 Å². The molecular weight excluding hydrogens is 284 g/mol. The van der Waals surface area contributed by atoms with Gasteiger partial charge in [-0.25, -0.2) is 9.97 Å². The molecule has 0 spiro atoms. The minimum absolute atomic E-state index is 0.531. The number of rotatable bonds is 5. The molecule has 1 saturated carbocycles. The van der Waals surface area contributed by atoms with E-state index in [1.165, 1.54) is 12.8 Å². The van der Waals surface area contributed by atoms with E-state index in [1.54, 1.807) is 11.8 Å². The molecule has 2 aromatic heterocycles. The molecule has 1 aliphatic carbocycles. The van der Waals surface area contributed by atoms with Gasteiger partial charge >= 0.3 is 0 Å². The van der Waals surface area contributed by atoms with Gasteiger partial charge in [0.15, 0.2) is 5.16 Å². The Bertz CT molecular complexity index is 662. The van der Waals surface area contributed by atoms with Crippen LogP contribution in [0.25, 0.3) is 0 Å². The van der Waals surface area contributed by atoms with E-state index in [-0.39, 0.29) is 0 Å². The quantitative estimate of drug-likeness (QED) is 0.857. The van der Waals surface area contributed by atoms with E-state index in [2.05, 4.69) is 34.3 Å². The molecule has 0 amide bonds. The van der Waals surface area contributed by atoms with Gasteiger partial charge in [-0.3, -0.25) is 0 Å². The Kier molecular flexibility index (Phi) is 3.84. The van der Waals surface area contributed by atoms with Gasteiger partial charge in [0.2, 0.25) is 0 Å². The zero-order valence-corrected chi connectivity index (χ0v) is 13.7. The number of hydrogen-bond acceptors (Lipinski definition) is 6. The van der Waals surface area contributed by atoms with Crippen LogP contribution in [0.15, 0.2) is 10.2 Å². The summed E-state index contributed by atoms with van der Waals surface area (Å²) in [5, 5.41) is 13.5. The van der Waals surface area contributed by atoms with Crippen molar-refractivity contribution in [3.8, 4) is 0 Å². The number of nitrogens with zero attached hydrogens (tertiary/aromatic N) is 5. The summed E-state index contributed by atoms with van der Waals surface area (Å²) in [7, 11) is 1.97. The molecule has 0 bridgehead atoms.